The van der Waals surface area contributed by atoms with Crippen LogP contribution in [0.15, 0.2) is 224 Å². The minimum absolute atomic E-state index is 0.130. The Morgan fingerprint density at radius 1 is 0.302 bits per heavy atom. The maximum absolute atomic E-state index is 9.55. The van der Waals surface area contributed by atoms with Crippen molar-refractivity contribution in [3.63, 3.8) is 0 Å². The minimum atomic E-state index is -0.772. The summed E-state index contributed by atoms with van der Waals surface area (Å²) in [6.45, 7) is 0. The van der Waals surface area contributed by atoms with Gasteiger partial charge in [-0.1, -0.05) is 182 Å². The maximum Gasteiger partial charge on any atom is 0.0645 e. The Hall–Kier alpha value is -6.96. The second-order valence-corrected chi connectivity index (χ2v) is 12.4. The van der Waals surface area contributed by atoms with Gasteiger partial charge in [-0.2, -0.15) is 0 Å². The molecule has 0 aliphatic heterocycles. The van der Waals surface area contributed by atoms with Crippen molar-refractivity contribution < 1.29 is 17.8 Å². The molecule has 9 aromatic rings. The number of hydrogen-bond donors (Lipinski definition) is 0. The summed E-state index contributed by atoms with van der Waals surface area (Å²) in [5.74, 6) is 0. The van der Waals surface area contributed by atoms with Gasteiger partial charge < -0.3 is 4.90 Å². The number of nitrogens with zero attached hydrogens (tertiary/aromatic N) is 1. The molecule has 0 bridgehead atoms. The average molecular weight is 689 g/mol. The fourth-order valence-electron chi connectivity index (χ4n) is 6.45. The zero-order valence-corrected chi connectivity index (χ0v) is 28.3. The standard InChI is InChI=1S/C52H37N/c1-3-12-38(13-4-1)40-22-24-41(25-23-40)42-28-32-49(33-29-42)53(52-21-10-9-20-51(52)44-15-5-2-6-16-44)50-34-30-43(31-35-50)46-18-11-19-47(36-46)48-27-26-39-14-7-8-17-45(39)37-48/h1-37H/i1D,3D,4D,12D,13D,22D,23D,24D,25D,28D,29D,32D,33D. The molecule has 0 aromatic heterocycles. The normalized spacial score (nSPS) is 14.5. The van der Waals surface area contributed by atoms with Crippen LogP contribution >= 0.6 is 0 Å². The molecule has 0 fully saturated rings. The van der Waals surface area contributed by atoms with Crippen molar-refractivity contribution >= 4 is 27.8 Å². The van der Waals surface area contributed by atoms with E-state index in [1.54, 1.807) is 4.90 Å². The molecule has 250 valence electrons. The molecule has 0 radical (unpaired) electrons. The minimum Gasteiger partial charge on any atom is -0.310 e. The molecule has 9 aromatic carbocycles. The summed E-state index contributed by atoms with van der Waals surface area (Å²) >= 11 is 0. The Kier molecular flexibility index (Phi) is 5.62. The summed E-state index contributed by atoms with van der Waals surface area (Å²) in [6.07, 6.45) is 0. The smallest absolute Gasteiger partial charge is 0.0645 e. The van der Waals surface area contributed by atoms with Gasteiger partial charge in [0.05, 0.1) is 23.5 Å². The third kappa shape index (κ3) is 6.65. The quantitative estimate of drug-likeness (QED) is 0.154. The molecular weight excluding hydrogens is 639 g/mol. The molecule has 0 aliphatic carbocycles. The summed E-state index contributed by atoms with van der Waals surface area (Å²) in [6, 6.07) is 38.3. The van der Waals surface area contributed by atoms with Crippen molar-refractivity contribution in [3.8, 4) is 55.6 Å². The van der Waals surface area contributed by atoms with Gasteiger partial charge in [0.2, 0.25) is 0 Å². The van der Waals surface area contributed by atoms with Gasteiger partial charge in [-0.05, 0) is 103 Å². The Balaban J connectivity index is 1.20. The van der Waals surface area contributed by atoms with E-state index in [0.717, 1.165) is 44.2 Å². The summed E-state index contributed by atoms with van der Waals surface area (Å²) in [5, 5.41) is 2.29. The van der Waals surface area contributed by atoms with Crippen molar-refractivity contribution in [2.24, 2.45) is 0 Å². The maximum atomic E-state index is 9.55. The number of benzene rings is 9. The highest BCUT2D eigenvalue weighted by Gasteiger charge is 2.17. The lowest BCUT2D eigenvalue weighted by Crippen LogP contribution is -2.11. The number of para-hydroxylation sites is 1. The number of hydrogen-bond acceptors (Lipinski definition) is 1. The molecule has 0 saturated heterocycles. The van der Waals surface area contributed by atoms with Crippen LogP contribution in [0.5, 0.6) is 0 Å². The highest BCUT2D eigenvalue weighted by Crippen LogP contribution is 2.42. The molecule has 0 saturated carbocycles. The average Bonchev–Trinajstić information content (AvgIpc) is 3.35. The van der Waals surface area contributed by atoms with Crippen molar-refractivity contribution in [1.29, 1.82) is 0 Å². The first-order valence-corrected chi connectivity index (χ1v) is 17.1. The second kappa shape index (κ2) is 14.3. The van der Waals surface area contributed by atoms with E-state index in [0.29, 0.717) is 11.4 Å². The lowest BCUT2D eigenvalue weighted by atomic mass is 9.97. The van der Waals surface area contributed by atoms with Gasteiger partial charge in [-0.15, -0.1) is 0 Å². The Bertz CT molecular complexity index is 3320. The van der Waals surface area contributed by atoms with Gasteiger partial charge in [0.1, 0.15) is 0 Å². The predicted molar refractivity (Wildman–Crippen MR) is 226 cm³/mol. The van der Waals surface area contributed by atoms with Crippen LogP contribution in [0.1, 0.15) is 17.8 Å². The highest BCUT2D eigenvalue weighted by molar-refractivity contribution is 5.90. The van der Waals surface area contributed by atoms with Crippen molar-refractivity contribution in [2.75, 3.05) is 4.90 Å². The SMILES string of the molecule is [2H]c1c([2H])c([2H])c(-c2c([2H])c([2H])c(-c3c([2H])c([2H])c(N(c4ccc(-c5cccc(-c6ccc7ccccc7c6)c5)cc4)c4ccccc4-c4ccccc4)c([2H])c3[2H])c([2H])c2[2H])c([2H])c1[2H]. The Labute approximate surface area is 330 Å². The second-order valence-electron chi connectivity index (χ2n) is 12.4. The van der Waals surface area contributed by atoms with Crippen molar-refractivity contribution in [2.45, 2.75) is 0 Å². The molecule has 0 amide bonds. The monoisotopic (exact) mass is 688 g/mol. The summed E-state index contributed by atoms with van der Waals surface area (Å²) < 4.78 is 115. The van der Waals surface area contributed by atoms with E-state index in [4.69, 9.17) is 12.3 Å². The van der Waals surface area contributed by atoms with E-state index in [9.17, 15) is 5.48 Å². The van der Waals surface area contributed by atoms with Crippen LogP contribution in [0.4, 0.5) is 17.1 Å². The fourth-order valence-corrected chi connectivity index (χ4v) is 6.45. The van der Waals surface area contributed by atoms with E-state index < -0.39 is 101 Å². The zero-order valence-electron chi connectivity index (χ0n) is 41.3. The molecule has 1 nitrogen and oxygen atoms in total. The lowest BCUT2D eigenvalue weighted by Gasteiger charge is -2.28. The van der Waals surface area contributed by atoms with Gasteiger partial charge in [0.15, 0.2) is 0 Å². The topological polar surface area (TPSA) is 3.24 Å². The van der Waals surface area contributed by atoms with Crippen LogP contribution in [-0.2, 0) is 0 Å². The Morgan fingerprint density at radius 2 is 0.830 bits per heavy atom. The van der Waals surface area contributed by atoms with Crippen molar-refractivity contribution in [3.05, 3.63) is 224 Å². The van der Waals surface area contributed by atoms with E-state index in [-0.39, 0.29) is 5.69 Å². The predicted octanol–water partition coefficient (Wildman–Crippen LogP) is 14.6. The summed E-state index contributed by atoms with van der Waals surface area (Å²) in [5.41, 5.74) is 4.32. The first-order chi connectivity index (χ1) is 31.7. The number of fused-ring (bicyclic) bond motifs is 1. The molecule has 53 heavy (non-hydrogen) atoms. The van der Waals surface area contributed by atoms with Gasteiger partial charge in [0, 0.05) is 16.9 Å². The molecule has 0 atom stereocenters. The molecular formula is C52H37N. The van der Waals surface area contributed by atoms with Gasteiger partial charge >= 0.3 is 0 Å². The van der Waals surface area contributed by atoms with E-state index in [1.165, 1.54) is 0 Å². The number of rotatable bonds is 8. The molecule has 0 spiro atoms. The van der Waals surface area contributed by atoms with Gasteiger partial charge in [-0.25, -0.2) is 0 Å². The van der Waals surface area contributed by atoms with Crippen molar-refractivity contribution in [1.82, 2.24) is 0 Å². The van der Waals surface area contributed by atoms with E-state index in [1.807, 2.05) is 103 Å². The van der Waals surface area contributed by atoms with Crippen LogP contribution < -0.4 is 4.90 Å². The molecule has 0 N–H and O–H groups in total. The lowest BCUT2D eigenvalue weighted by molar-refractivity contribution is 1.28. The Morgan fingerprint density at radius 3 is 1.55 bits per heavy atom. The molecule has 0 aliphatic rings. The largest absolute Gasteiger partial charge is 0.310 e. The zero-order chi connectivity index (χ0) is 46.7. The van der Waals surface area contributed by atoms with E-state index >= 15 is 0 Å². The number of anilines is 3. The first kappa shape index (κ1) is 20.8. The fraction of sp³-hybridized carbons (Fsp3) is 0. The first-order valence-electron chi connectivity index (χ1n) is 23.6. The molecule has 0 heterocycles. The van der Waals surface area contributed by atoms with Crippen LogP contribution in [0.2, 0.25) is 0 Å². The third-order valence-corrected chi connectivity index (χ3v) is 9.09. The summed E-state index contributed by atoms with van der Waals surface area (Å²) in [4.78, 5) is 1.65. The van der Waals surface area contributed by atoms with Crippen LogP contribution in [0, 0.1) is 0 Å². The molecule has 0 unspecified atom stereocenters. The highest BCUT2D eigenvalue weighted by atomic mass is 15.1. The van der Waals surface area contributed by atoms with E-state index in [2.05, 4.69) is 42.5 Å². The van der Waals surface area contributed by atoms with Gasteiger partial charge in [-0.3, -0.25) is 0 Å². The third-order valence-electron chi connectivity index (χ3n) is 9.09. The van der Waals surface area contributed by atoms with Crippen LogP contribution in [-0.4, -0.2) is 0 Å². The molecule has 9 rings (SSSR count). The van der Waals surface area contributed by atoms with Gasteiger partial charge in [0.25, 0.3) is 0 Å². The van der Waals surface area contributed by atoms with Crippen LogP contribution in [0.25, 0.3) is 66.4 Å². The molecule has 1 heteroatoms. The van der Waals surface area contributed by atoms with Crippen LogP contribution in [0.3, 0.4) is 0 Å². The summed E-state index contributed by atoms with van der Waals surface area (Å²) in [7, 11) is 0.